The van der Waals surface area contributed by atoms with Gasteiger partial charge in [0.2, 0.25) is 11.6 Å². The van der Waals surface area contributed by atoms with Crippen LogP contribution in [0.1, 0.15) is 26.7 Å². The summed E-state index contributed by atoms with van der Waals surface area (Å²) in [5, 5.41) is 22.4. The van der Waals surface area contributed by atoms with Crippen LogP contribution in [0.25, 0.3) is 5.76 Å². The standard InChI is InChI=1S/C15H11N5O3/c21-12(9-13(22)14-16-18-19-17-14)11-7-4-8-20(11)15(23)10-5-2-1-3-6-10/h1-9,22H,(H,16,17,18,19). The molecule has 0 aliphatic rings. The van der Waals surface area contributed by atoms with Gasteiger partial charge in [-0.05, 0) is 29.5 Å². The number of aromatic amines is 1. The molecular formula is C15H11N5O3. The van der Waals surface area contributed by atoms with E-state index in [1.807, 2.05) is 0 Å². The van der Waals surface area contributed by atoms with E-state index in [4.69, 9.17) is 0 Å². The zero-order chi connectivity index (χ0) is 16.2. The van der Waals surface area contributed by atoms with E-state index in [0.717, 1.165) is 6.08 Å². The SMILES string of the molecule is O=C(C=C(O)c1nn[nH]n1)c1cccn1C(=O)c1ccccc1. The Morgan fingerprint density at radius 1 is 1.13 bits per heavy atom. The zero-order valence-corrected chi connectivity index (χ0v) is 11.7. The first kappa shape index (κ1) is 14.4. The Labute approximate surface area is 130 Å². The summed E-state index contributed by atoms with van der Waals surface area (Å²) in [6.45, 7) is 0. The van der Waals surface area contributed by atoms with Gasteiger partial charge in [-0.15, -0.1) is 10.2 Å². The number of aliphatic hydroxyl groups is 1. The highest BCUT2D eigenvalue weighted by Gasteiger charge is 2.17. The van der Waals surface area contributed by atoms with Gasteiger partial charge >= 0.3 is 0 Å². The second-order valence-electron chi connectivity index (χ2n) is 4.56. The molecule has 0 saturated heterocycles. The molecule has 1 aromatic carbocycles. The van der Waals surface area contributed by atoms with E-state index in [9.17, 15) is 14.7 Å². The van der Waals surface area contributed by atoms with Gasteiger partial charge in [-0.2, -0.15) is 5.21 Å². The number of nitrogens with one attached hydrogen (secondary N) is 1. The number of ketones is 1. The lowest BCUT2D eigenvalue weighted by Crippen LogP contribution is -2.16. The number of carbonyl (C=O) groups excluding carboxylic acids is 2. The van der Waals surface area contributed by atoms with E-state index < -0.39 is 11.5 Å². The summed E-state index contributed by atoms with van der Waals surface area (Å²) in [6.07, 6.45) is 2.43. The predicted octanol–water partition coefficient (Wildman–Crippen LogP) is 1.47. The highest BCUT2D eigenvalue weighted by atomic mass is 16.3. The summed E-state index contributed by atoms with van der Waals surface area (Å²) >= 11 is 0. The Morgan fingerprint density at radius 2 is 1.91 bits per heavy atom. The van der Waals surface area contributed by atoms with Crippen molar-refractivity contribution < 1.29 is 14.7 Å². The molecular weight excluding hydrogens is 298 g/mol. The van der Waals surface area contributed by atoms with Crippen LogP contribution in [0.3, 0.4) is 0 Å². The van der Waals surface area contributed by atoms with Crippen LogP contribution < -0.4 is 0 Å². The topological polar surface area (TPSA) is 114 Å². The van der Waals surface area contributed by atoms with Gasteiger partial charge in [-0.3, -0.25) is 14.2 Å². The molecule has 8 nitrogen and oxygen atoms in total. The predicted molar refractivity (Wildman–Crippen MR) is 79.7 cm³/mol. The van der Waals surface area contributed by atoms with Crippen molar-refractivity contribution in [2.45, 2.75) is 0 Å². The van der Waals surface area contributed by atoms with Crippen LogP contribution in [-0.2, 0) is 0 Å². The minimum absolute atomic E-state index is 0.106. The normalized spacial score (nSPS) is 11.4. The number of nitrogens with zero attached hydrogens (tertiary/aromatic N) is 4. The fraction of sp³-hybridized carbons (Fsp3) is 0. The lowest BCUT2D eigenvalue weighted by Gasteiger charge is -2.05. The molecule has 0 unspecified atom stereocenters. The Hall–Kier alpha value is -3.55. The summed E-state index contributed by atoms with van der Waals surface area (Å²) in [4.78, 5) is 24.7. The monoisotopic (exact) mass is 309 g/mol. The Morgan fingerprint density at radius 3 is 2.61 bits per heavy atom. The van der Waals surface area contributed by atoms with Gasteiger partial charge in [0.05, 0.1) is 5.69 Å². The molecule has 0 atom stereocenters. The molecule has 0 bridgehead atoms. The van der Waals surface area contributed by atoms with Crippen molar-refractivity contribution in [3.8, 4) is 0 Å². The van der Waals surface area contributed by atoms with E-state index in [2.05, 4.69) is 20.6 Å². The van der Waals surface area contributed by atoms with Crippen molar-refractivity contribution in [1.29, 1.82) is 0 Å². The smallest absolute Gasteiger partial charge is 0.262 e. The van der Waals surface area contributed by atoms with Crippen molar-refractivity contribution in [3.05, 3.63) is 71.8 Å². The third kappa shape index (κ3) is 2.91. The molecule has 23 heavy (non-hydrogen) atoms. The van der Waals surface area contributed by atoms with Crippen LogP contribution in [0.4, 0.5) is 0 Å². The van der Waals surface area contributed by atoms with Crippen LogP contribution in [0, 0.1) is 0 Å². The van der Waals surface area contributed by atoms with E-state index in [-0.39, 0.29) is 17.4 Å². The third-order valence-electron chi connectivity index (χ3n) is 3.08. The minimum Gasteiger partial charge on any atom is -0.504 e. The first-order valence-electron chi connectivity index (χ1n) is 6.63. The van der Waals surface area contributed by atoms with Gasteiger partial charge in [-0.1, -0.05) is 18.2 Å². The number of rotatable bonds is 4. The van der Waals surface area contributed by atoms with Crippen LogP contribution in [0.2, 0.25) is 0 Å². The number of H-pyrrole nitrogens is 1. The second-order valence-corrected chi connectivity index (χ2v) is 4.56. The van der Waals surface area contributed by atoms with Gasteiger partial charge < -0.3 is 5.11 Å². The van der Waals surface area contributed by atoms with Gasteiger partial charge in [0, 0.05) is 17.8 Å². The van der Waals surface area contributed by atoms with Gasteiger partial charge in [0.15, 0.2) is 5.76 Å². The molecule has 2 heterocycles. The van der Waals surface area contributed by atoms with E-state index in [1.165, 1.54) is 16.8 Å². The highest BCUT2D eigenvalue weighted by molar-refractivity contribution is 6.10. The second kappa shape index (κ2) is 6.06. The average molecular weight is 309 g/mol. The largest absolute Gasteiger partial charge is 0.504 e. The molecule has 3 aromatic rings. The van der Waals surface area contributed by atoms with Crippen molar-refractivity contribution in [2.75, 3.05) is 0 Å². The zero-order valence-electron chi connectivity index (χ0n) is 11.7. The molecule has 114 valence electrons. The maximum atomic E-state index is 12.4. The number of benzene rings is 1. The maximum Gasteiger partial charge on any atom is 0.262 e. The van der Waals surface area contributed by atoms with Gasteiger partial charge in [-0.25, -0.2) is 0 Å². The molecule has 8 heteroatoms. The molecule has 3 rings (SSSR count). The lowest BCUT2D eigenvalue weighted by molar-refractivity contribution is 0.0935. The minimum atomic E-state index is -0.554. The summed E-state index contributed by atoms with van der Waals surface area (Å²) in [6, 6.07) is 11.6. The Balaban J connectivity index is 1.91. The number of allylic oxidation sites excluding steroid dienone is 1. The number of aliphatic hydroxyl groups excluding tert-OH is 1. The van der Waals surface area contributed by atoms with E-state index in [0.29, 0.717) is 5.56 Å². The fourth-order valence-electron chi connectivity index (χ4n) is 2.01. The van der Waals surface area contributed by atoms with Crippen molar-refractivity contribution >= 4 is 17.4 Å². The number of hydrogen-bond acceptors (Lipinski definition) is 6. The molecule has 0 amide bonds. The fourth-order valence-corrected chi connectivity index (χ4v) is 2.01. The molecule has 0 fully saturated rings. The maximum absolute atomic E-state index is 12.4. The summed E-state index contributed by atoms with van der Waals surface area (Å²) < 4.78 is 1.22. The summed E-state index contributed by atoms with van der Waals surface area (Å²) in [5.41, 5.74) is 0.568. The molecule has 0 aliphatic carbocycles. The van der Waals surface area contributed by atoms with Crippen LogP contribution in [-0.4, -0.2) is 42.0 Å². The molecule has 0 radical (unpaired) electrons. The number of carbonyl (C=O) groups is 2. The van der Waals surface area contributed by atoms with Gasteiger partial charge in [0.25, 0.3) is 5.91 Å². The van der Waals surface area contributed by atoms with E-state index in [1.54, 1.807) is 36.4 Å². The molecule has 2 N–H and O–H groups in total. The number of hydrogen-bond donors (Lipinski definition) is 2. The first-order chi connectivity index (χ1) is 11.2. The third-order valence-corrected chi connectivity index (χ3v) is 3.08. The van der Waals surface area contributed by atoms with Crippen LogP contribution in [0.5, 0.6) is 0 Å². The van der Waals surface area contributed by atoms with Crippen LogP contribution >= 0.6 is 0 Å². The first-order valence-corrected chi connectivity index (χ1v) is 6.63. The number of tetrazole rings is 1. The van der Waals surface area contributed by atoms with Crippen molar-refractivity contribution in [2.24, 2.45) is 0 Å². The molecule has 0 saturated carbocycles. The summed E-state index contributed by atoms with van der Waals surface area (Å²) in [5.74, 6) is -1.44. The summed E-state index contributed by atoms with van der Waals surface area (Å²) in [7, 11) is 0. The van der Waals surface area contributed by atoms with Crippen LogP contribution in [0.15, 0.2) is 54.7 Å². The molecule has 0 spiro atoms. The molecule has 0 aliphatic heterocycles. The van der Waals surface area contributed by atoms with Crippen molar-refractivity contribution in [3.63, 3.8) is 0 Å². The number of aromatic nitrogens is 5. The highest BCUT2D eigenvalue weighted by Crippen LogP contribution is 2.12. The lowest BCUT2D eigenvalue weighted by atomic mass is 10.2. The average Bonchev–Trinajstić information content (AvgIpc) is 3.26. The molecule has 2 aromatic heterocycles. The Bertz CT molecular complexity index is 866. The van der Waals surface area contributed by atoms with Crippen molar-refractivity contribution in [1.82, 2.24) is 25.2 Å². The van der Waals surface area contributed by atoms with Gasteiger partial charge in [0.1, 0.15) is 0 Å². The van der Waals surface area contributed by atoms with E-state index >= 15 is 0 Å². The Kier molecular flexibility index (Phi) is 3.79. The quantitative estimate of drug-likeness (QED) is 0.428.